The number of unbranched alkanes of at least 4 members (excludes halogenated alkanes) is 3. The molecule has 32 heavy (non-hydrogen) atoms. The summed E-state index contributed by atoms with van der Waals surface area (Å²) in [6.07, 6.45) is 4.35. The largest absolute Gasteiger partial charge is 0.544 e. The molecular formula is C26H38BrFO3Si. The number of ether oxygens (including phenoxy) is 1. The van der Waals surface area contributed by atoms with E-state index in [0.717, 1.165) is 36.8 Å². The maximum atomic E-state index is 14.9. The fourth-order valence-electron chi connectivity index (χ4n) is 3.17. The minimum Gasteiger partial charge on any atom is -0.544 e. The zero-order chi connectivity index (χ0) is 24.0. The Morgan fingerprint density at radius 2 is 1.50 bits per heavy atom. The average molecular weight is 526 g/mol. The van der Waals surface area contributed by atoms with E-state index < -0.39 is 19.7 Å². The van der Waals surface area contributed by atoms with E-state index in [0.29, 0.717) is 17.9 Å². The first kappa shape index (κ1) is 26.9. The summed E-state index contributed by atoms with van der Waals surface area (Å²) in [7, 11) is -1.95. The Morgan fingerprint density at radius 1 is 0.906 bits per heavy atom. The van der Waals surface area contributed by atoms with Gasteiger partial charge in [0.05, 0.1) is 6.61 Å². The molecule has 2 aromatic rings. The summed E-state index contributed by atoms with van der Waals surface area (Å²) >= 11 is 3.43. The molecule has 0 amide bonds. The molecule has 3 nitrogen and oxygen atoms in total. The summed E-state index contributed by atoms with van der Waals surface area (Å²) in [5, 5.41) is 12.3. The fraction of sp³-hybridized carbons (Fsp3) is 0.538. The molecule has 0 aliphatic rings. The molecule has 0 aliphatic heterocycles. The van der Waals surface area contributed by atoms with Crippen LogP contribution in [0.5, 0.6) is 11.5 Å². The molecule has 1 unspecified atom stereocenters. The normalized spacial score (nSPS) is 14.2. The van der Waals surface area contributed by atoms with Gasteiger partial charge >= 0.3 is 0 Å². The van der Waals surface area contributed by atoms with Crippen LogP contribution in [0.2, 0.25) is 18.1 Å². The number of halogens is 2. The Balaban J connectivity index is 2.07. The van der Waals surface area contributed by atoms with Crippen molar-refractivity contribution in [1.29, 1.82) is 0 Å². The lowest BCUT2D eigenvalue weighted by Crippen LogP contribution is -2.43. The van der Waals surface area contributed by atoms with Crippen molar-refractivity contribution in [2.75, 3.05) is 11.9 Å². The van der Waals surface area contributed by atoms with E-state index in [4.69, 9.17) is 9.16 Å². The van der Waals surface area contributed by atoms with Gasteiger partial charge in [0, 0.05) is 17.0 Å². The molecule has 1 atom stereocenters. The van der Waals surface area contributed by atoms with Gasteiger partial charge in [0.15, 0.2) is 0 Å². The monoisotopic (exact) mass is 524 g/mol. The van der Waals surface area contributed by atoms with Gasteiger partial charge in [-0.05, 0) is 67.7 Å². The van der Waals surface area contributed by atoms with Gasteiger partial charge in [-0.3, -0.25) is 0 Å². The zero-order valence-electron chi connectivity index (χ0n) is 20.3. The lowest BCUT2D eigenvalue weighted by molar-refractivity contribution is 0.0978. The van der Waals surface area contributed by atoms with Gasteiger partial charge in [-0.1, -0.05) is 61.7 Å². The van der Waals surface area contributed by atoms with Crippen molar-refractivity contribution in [2.24, 2.45) is 0 Å². The molecule has 0 fully saturated rings. The molecule has 2 rings (SSSR count). The maximum Gasteiger partial charge on any atom is 0.250 e. The quantitative estimate of drug-likeness (QED) is 0.185. The number of rotatable bonds is 11. The molecule has 0 radical (unpaired) electrons. The Bertz CT molecular complexity index is 860. The van der Waals surface area contributed by atoms with Gasteiger partial charge < -0.3 is 14.3 Å². The Morgan fingerprint density at radius 3 is 2.06 bits per heavy atom. The Hall–Kier alpha value is -1.37. The van der Waals surface area contributed by atoms with E-state index in [9.17, 15) is 9.50 Å². The second-order valence-electron chi connectivity index (χ2n) is 10.1. The summed E-state index contributed by atoms with van der Waals surface area (Å²) in [4.78, 5) is 0. The second kappa shape index (κ2) is 11.2. The van der Waals surface area contributed by atoms with Crippen LogP contribution < -0.4 is 9.16 Å². The van der Waals surface area contributed by atoms with E-state index in [1.165, 1.54) is 6.07 Å². The highest BCUT2D eigenvalue weighted by Crippen LogP contribution is 2.38. The third kappa shape index (κ3) is 7.06. The third-order valence-corrected chi connectivity index (χ3v) is 11.3. The summed E-state index contributed by atoms with van der Waals surface area (Å²) < 4.78 is 26.9. The van der Waals surface area contributed by atoms with Crippen LogP contribution in [0.1, 0.15) is 64.5 Å². The summed E-state index contributed by atoms with van der Waals surface area (Å²) in [5.74, 6) is 0.783. The van der Waals surface area contributed by atoms with Gasteiger partial charge in [0.2, 0.25) is 8.32 Å². The minimum atomic E-state index is -1.95. The highest BCUT2D eigenvalue weighted by molar-refractivity contribution is 9.09. The van der Waals surface area contributed by atoms with E-state index in [-0.39, 0.29) is 10.6 Å². The van der Waals surface area contributed by atoms with Crippen molar-refractivity contribution in [3.8, 4) is 11.5 Å². The molecule has 0 saturated heterocycles. The van der Waals surface area contributed by atoms with Crippen molar-refractivity contribution in [3.63, 3.8) is 0 Å². The standard InChI is InChI=1S/C26H38BrFO3Si/c1-25(2,3)32(5,6)31-21-13-11-20(12-14-21)26(4,29)23-16-15-22(19-24(23)28)30-18-10-8-7-9-17-27/h11-16,19,29H,7-10,17-18H2,1-6H3. The highest BCUT2D eigenvalue weighted by atomic mass is 79.9. The third-order valence-electron chi connectivity index (χ3n) is 6.36. The smallest absolute Gasteiger partial charge is 0.250 e. The summed E-state index contributed by atoms with van der Waals surface area (Å²) in [6.45, 7) is 13.1. The zero-order valence-corrected chi connectivity index (χ0v) is 22.9. The van der Waals surface area contributed by atoms with Gasteiger partial charge in [0.25, 0.3) is 0 Å². The second-order valence-corrected chi connectivity index (χ2v) is 15.6. The van der Waals surface area contributed by atoms with Crippen LogP contribution in [0, 0.1) is 5.82 Å². The van der Waals surface area contributed by atoms with Crippen LogP contribution >= 0.6 is 15.9 Å². The molecule has 1 N–H and O–H groups in total. The molecule has 0 saturated carbocycles. The van der Waals surface area contributed by atoms with Crippen LogP contribution in [-0.4, -0.2) is 25.4 Å². The minimum absolute atomic E-state index is 0.0950. The first-order valence-electron chi connectivity index (χ1n) is 11.4. The maximum absolute atomic E-state index is 14.9. The molecule has 2 aromatic carbocycles. The average Bonchev–Trinajstić information content (AvgIpc) is 2.70. The van der Waals surface area contributed by atoms with Gasteiger partial charge in [0.1, 0.15) is 22.9 Å². The first-order chi connectivity index (χ1) is 14.9. The summed E-state index contributed by atoms with van der Waals surface area (Å²) in [6, 6.07) is 12.0. The lowest BCUT2D eigenvalue weighted by Gasteiger charge is -2.36. The van der Waals surface area contributed by atoms with Crippen molar-refractivity contribution in [1.82, 2.24) is 0 Å². The molecule has 0 aliphatic carbocycles. The molecule has 0 spiro atoms. The first-order valence-corrected chi connectivity index (χ1v) is 15.4. The summed E-state index contributed by atoms with van der Waals surface area (Å²) in [5.41, 5.74) is -0.631. The number of alkyl halides is 1. The molecule has 178 valence electrons. The lowest BCUT2D eigenvalue weighted by atomic mass is 9.88. The number of hydrogen-bond donors (Lipinski definition) is 1. The van der Waals surface area contributed by atoms with E-state index in [2.05, 4.69) is 49.8 Å². The molecule has 0 bridgehead atoms. The van der Waals surface area contributed by atoms with Crippen LogP contribution in [0.15, 0.2) is 42.5 Å². The molecule has 0 heterocycles. The fourth-order valence-corrected chi connectivity index (χ4v) is 4.60. The van der Waals surface area contributed by atoms with Crippen molar-refractivity contribution < 1.29 is 18.7 Å². The van der Waals surface area contributed by atoms with Gasteiger partial charge in [-0.2, -0.15) is 0 Å². The predicted molar refractivity (Wildman–Crippen MR) is 137 cm³/mol. The van der Waals surface area contributed by atoms with E-state index >= 15 is 0 Å². The van der Waals surface area contributed by atoms with Crippen molar-refractivity contribution in [2.45, 2.75) is 77.1 Å². The number of hydrogen-bond acceptors (Lipinski definition) is 3. The van der Waals surface area contributed by atoms with E-state index in [1.54, 1.807) is 31.2 Å². The highest BCUT2D eigenvalue weighted by Gasteiger charge is 2.39. The van der Waals surface area contributed by atoms with Gasteiger partial charge in [-0.25, -0.2) is 4.39 Å². The Kier molecular flexibility index (Phi) is 9.38. The van der Waals surface area contributed by atoms with Crippen LogP contribution in [0.3, 0.4) is 0 Å². The van der Waals surface area contributed by atoms with Crippen LogP contribution in [0.25, 0.3) is 0 Å². The predicted octanol–water partition coefficient (Wildman–Crippen LogP) is 7.80. The molecule has 0 aromatic heterocycles. The topological polar surface area (TPSA) is 38.7 Å². The van der Waals surface area contributed by atoms with Crippen LogP contribution in [-0.2, 0) is 5.60 Å². The van der Waals surface area contributed by atoms with E-state index in [1.807, 2.05) is 12.1 Å². The van der Waals surface area contributed by atoms with Crippen molar-refractivity contribution in [3.05, 3.63) is 59.4 Å². The molecule has 6 heteroatoms. The van der Waals surface area contributed by atoms with Crippen molar-refractivity contribution >= 4 is 24.2 Å². The molecular weight excluding hydrogens is 487 g/mol. The SMILES string of the molecule is CC(O)(c1ccc(O[Si](C)(C)C(C)(C)C)cc1)c1ccc(OCCCCCCBr)cc1F. The number of benzene rings is 2. The number of aliphatic hydroxyl groups is 1. The Labute approximate surface area is 202 Å². The van der Waals surface area contributed by atoms with Gasteiger partial charge in [-0.15, -0.1) is 0 Å². The van der Waals surface area contributed by atoms with Crippen LogP contribution in [0.4, 0.5) is 4.39 Å².